The summed E-state index contributed by atoms with van der Waals surface area (Å²) in [5, 5.41) is 3.27. The van der Waals surface area contributed by atoms with Crippen LogP contribution in [0.2, 0.25) is 0 Å². The maximum atomic E-state index is 11.4. The van der Waals surface area contributed by atoms with Crippen LogP contribution in [-0.2, 0) is 9.84 Å². The second-order valence-corrected chi connectivity index (χ2v) is 6.73. The lowest BCUT2D eigenvalue weighted by molar-refractivity contribution is 0.588. The van der Waals surface area contributed by atoms with Crippen molar-refractivity contribution < 1.29 is 8.42 Å². The number of nitrogens with zero attached hydrogens (tertiary/aromatic N) is 1. The van der Waals surface area contributed by atoms with Crippen LogP contribution < -0.4 is 10.2 Å². The highest BCUT2D eigenvalue weighted by molar-refractivity contribution is 7.90. The Morgan fingerprint density at radius 3 is 2.32 bits per heavy atom. The molecule has 0 atom stereocenters. The molecule has 0 unspecified atom stereocenters. The summed E-state index contributed by atoms with van der Waals surface area (Å²) in [6, 6.07) is 7.15. The van der Waals surface area contributed by atoms with E-state index in [9.17, 15) is 8.42 Å². The predicted molar refractivity (Wildman–Crippen MR) is 80.6 cm³/mol. The molecule has 0 spiro atoms. The second kappa shape index (κ2) is 7.50. The fourth-order valence-corrected chi connectivity index (χ4v) is 2.49. The summed E-state index contributed by atoms with van der Waals surface area (Å²) in [5.74, 6) is 0. The predicted octanol–water partition coefficient (Wildman–Crippen LogP) is 1.92. The van der Waals surface area contributed by atoms with Crippen molar-refractivity contribution in [2.24, 2.45) is 0 Å². The van der Waals surface area contributed by atoms with E-state index < -0.39 is 9.84 Å². The fraction of sp³-hybridized carbons (Fsp3) is 0.571. The zero-order valence-electron chi connectivity index (χ0n) is 12.0. The van der Waals surface area contributed by atoms with Crippen molar-refractivity contribution in [1.82, 2.24) is 5.32 Å². The Kier molecular flexibility index (Phi) is 6.31. The molecule has 0 bridgehead atoms. The third-order valence-corrected chi connectivity index (χ3v) is 3.84. The Morgan fingerprint density at radius 2 is 1.79 bits per heavy atom. The minimum Gasteiger partial charge on any atom is -0.369 e. The van der Waals surface area contributed by atoms with Crippen LogP contribution in [0.5, 0.6) is 0 Å². The lowest BCUT2D eigenvalue weighted by Crippen LogP contribution is -2.43. The van der Waals surface area contributed by atoms with Crippen molar-refractivity contribution >= 4 is 15.5 Å². The summed E-state index contributed by atoms with van der Waals surface area (Å²) >= 11 is 0. The van der Waals surface area contributed by atoms with Gasteiger partial charge in [0.15, 0.2) is 9.84 Å². The van der Waals surface area contributed by atoms with Crippen molar-refractivity contribution in [2.75, 3.05) is 37.3 Å². The molecule has 1 aliphatic heterocycles. The topological polar surface area (TPSA) is 49.4 Å². The summed E-state index contributed by atoms with van der Waals surface area (Å²) in [4.78, 5) is 2.59. The Hall–Kier alpha value is -1.07. The van der Waals surface area contributed by atoms with Gasteiger partial charge in [0.05, 0.1) is 4.90 Å². The van der Waals surface area contributed by atoms with Gasteiger partial charge in [-0.15, -0.1) is 0 Å². The van der Waals surface area contributed by atoms with Crippen LogP contribution in [0.25, 0.3) is 0 Å². The first-order chi connectivity index (χ1) is 8.99. The molecule has 1 aromatic carbocycles. The van der Waals surface area contributed by atoms with Gasteiger partial charge in [0.2, 0.25) is 0 Å². The summed E-state index contributed by atoms with van der Waals surface area (Å²) in [7, 11) is -3.11. The molecule has 1 heterocycles. The fourth-order valence-electron chi connectivity index (χ4n) is 1.83. The third-order valence-electron chi connectivity index (χ3n) is 2.73. The van der Waals surface area contributed by atoms with E-state index in [4.69, 9.17) is 0 Å². The molecule has 0 aliphatic carbocycles. The van der Waals surface area contributed by atoms with Gasteiger partial charge < -0.3 is 10.2 Å². The number of nitrogens with one attached hydrogen (secondary N) is 1. The maximum absolute atomic E-state index is 11.4. The zero-order chi connectivity index (χ0) is 14.3. The number of hydrogen-bond donors (Lipinski definition) is 1. The number of rotatable bonds is 2. The molecule has 1 aromatic rings. The van der Waals surface area contributed by atoms with Crippen LogP contribution in [-0.4, -0.2) is 40.9 Å². The van der Waals surface area contributed by atoms with E-state index in [1.54, 1.807) is 18.2 Å². The largest absolute Gasteiger partial charge is 0.369 e. The van der Waals surface area contributed by atoms with E-state index in [0.29, 0.717) is 4.90 Å². The van der Waals surface area contributed by atoms with Crippen LogP contribution in [0.15, 0.2) is 29.2 Å². The molecule has 1 aliphatic rings. The quantitative estimate of drug-likeness (QED) is 0.901. The van der Waals surface area contributed by atoms with Gasteiger partial charge in [0, 0.05) is 38.1 Å². The molecule has 0 saturated carbocycles. The average molecular weight is 284 g/mol. The minimum absolute atomic E-state index is 0.392. The molecule has 2 rings (SSSR count). The molecule has 1 fully saturated rings. The van der Waals surface area contributed by atoms with Crippen LogP contribution in [0.4, 0.5) is 5.69 Å². The van der Waals surface area contributed by atoms with Gasteiger partial charge in [0.1, 0.15) is 0 Å². The number of benzene rings is 1. The summed E-state index contributed by atoms with van der Waals surface area (Å²) in [6.45, 7) is 7.99. The summed E-state index contributed by atoms with van der Waals surface area (Å²) < 4.78 is 22.9. The van der Waals surface area contributed by atoms with Gasteiger partial charge >= 0.3 is 0 Å². The molecule has 5 heteroatoms. The van der Waals surface area contributed by atoms with E-state index in [0.717, 1.165) is 31.9 Å². The van der Waals surface area contributed by atoms with Crippen molar-refractivity contribution in [3.05, 3.63) is 24.3 Å². The zero-order valence-corrected chi connectivity index (χ0v) is 12.8. The molecule has 108 valence electrons. The SMILES string of the molecule is CCC.CS(=O)(=O)c1cccc(N2CCNCC2)c1. The van der Waals surface area contributed by atoms with Crippen LogP contribution in [0, 0.1) is 0 Å². The molecular weight excluding hydrogens is 260 g/mol. The molecule has 0 radical (unpaired) electrons. The molecule has 1 saturated heterocycles. The standard InChI is InChI=1S/C11H16N2O2S.C3H8/c1-16(14,15)11-4-2-3-10(9-11)13-7-5-12-6-8-13;1-3-2/h2-4,9,12H,5-8H2,1H3;3H2,1-2H3. The minimum atomic E-state index is -3.11. The molecule has 0 amide bonds. The lowest BCUT2D eigenvalue weighted by Gasteiger charge is -2.29. The molecule has 4 nitrogen and oxygen atoms in total. The number of piperazine rings is 1. The van der Waals surface area contributed by atoms with Gasteiger partial charge in [-0.2, -0.15) is 0 Å². The molecule has 19 heavy (non-hydrogen) atoms. The lowest BCUT2D eigenvalue weighted by atomic mass is 10.2. The van der Waals surface area contributed by atoms with Crippen LogP contribution in [0.1, 0.15) is 20.3 Å². The normalized spacial score (nSPS) is 15.6. The Labute approximate surface area is 116 Å². The van der Waals surface area contributed by atoms with E-state index in [1.807, 2.05) is 6.07 Å². The third kappa shape index (κ3) is 5.20. The smallest absolute Gasteiger partial charge is 0.175 e. The Morgan fingerprint density at radius 1 is 1.21 bits per heavy atom. The van der Waals surface area contributed by atoms with E-state index >= 15 is 0 Å². The highest BCUT2D eigenvalue weighted by atomic mass is 32.2. The van der Waals surface area contributed by atoms with Crippen molar-refractivity contribution in [3.63, 3.8) is 0 Å². The number of anilines is 1. The van der Waals surface area contributed by atoms with E-state index in [2.05, 4.69) is 24.1 Å². The highest BCUT2D eigenvalue weighted by Crippen LogP contribution is 2.19. The van der Waals surface area contributed by atoms with Crippen LogP contribution >= 0.6 is 0 Å². The van der Waals surface area contributed by atoms with Crippen molar-refractivity contribution in [2.45, 2.75) is 25.2 Å². The maximum Gasteiger partial charge on any atom is 0.175 e. The van der Waals surface area contributed by atoms with Crippen LogP contribution in [0.3, 0.4) is 0 Å². The van der Waals surface area contributed by atoms with Gasteiger partial charge in [-0.05, 0) is 18.2 Å². The Balaban J connectivity index is 0.000000550. The Bertz CT molecular complexity index is 480. The van der Waals surface area contributed by atoms with E-state index in [-0.39, 0.29) is 0 Å². The number of hydrogen-bond acceptors (Lipinski definition) is 4. The first-order valence-electron chi connectivity index (χ1n) is 6.74. The monoisotopic (exact) mass is 284 g/mol. The van der Waals surface area contributed by atoms with Crippen molar-refractivity contribution in [1.29, 1.82) is 0 Å². The number of sulfone groups is 1. The van der Waals surface area contributed by atoms with E-state index in [1.165, 1.54) is 12.7 Å². The van der Waals surface area contributed by atoms with Gasteiger partial charge in [-0.3, -0.25) is 0 Å². The molecular formula is C14H24N2O2S. The highest BCUT2D eigenvalue weighted by Gasteiger charge is 2.13. The first-order valence-corrected chi connectivity index (χ1v) is 8.64. The van der Waals surface area contributed by atoms with Gasteiger partial charge in [0.25, 0.3) is 0 Å². The molecule has 0 aromatic heterocycles. The van der Waals surface area contributed by atoms with Gasteiger partial charge in [-0.1, -0.05) is 26.3 Å². The summed E-state index contributed by atoms with van der Waals surface area (Å²) in [6.07, 6.45) is 2.49. The second-order valence-electron chi connectivity index (χ2n) is 4.71. The van der Waals surface area contributed by atoms with Gasteiger partial charge in [-0.25, -0.2) is 8.42 Å². The summed E-state index contributed by atoms with van der Waals surface area (Å²) in [5.41, 5.74) is 0.990. The first kappa shape index (κ1) is 16.0. The molecule has 1 N–H and O–H groups in total. The van der Waals surface area contributed by atoms with Crippen molar-refractivity contribution in [3.8, 4) is 0 Å². The average Bonchev–Trinajstić information content (AvgIpc) is 2.40.